The number of hydrogen-bond acceptors (Lipinski definition) is 2. The van der Waals surface area contributed by atoms with E-state index in [0.29, 0.717) is 5.92 Å². The van der Waals surface area contributed by atoms with E-state index in [1.165, 1.54) is 6.42 Å². The molecule has 0 saturated heterocycles. The van der Waals surface area contributed by atoms with Crippen molar-refractivity contribution >= 4 is 0 Å². The van der Waals surface area contributed by atoms with E-state index in [1.807, 2.05) is 0 Å². The molecule has 5 heteroatoms. The topological polar surface area (TPSA) is 48.9 Å². The van der Waals surface area contributed by atoms with Crippen molar-refractivity contribution in [1.82, 2.24) is 13.9 Å². The third-order valence-electron chi connectivity index (χ3n) is 8.19. The van der Waals surface area contributed by atoms with Crippen LogP contribution < -0.4 is 11.4 Å². The normalized spacial score (nSPS) is 40.3. The minimum Gasteiger partial charge on any atom is -0.246 e. The molecular formula is C20H27N3O2. The lowest BCUT2D eigenvalue weighted by molar-refractivity contribution is 0.103. The molecule has 0 radical (unpaired) electrons. The Hall–Kier alpha value is -1.78. The Bertz CT molecular complexity index is 912. The number of hydrogen-bond donors (Lipinski definition) is 0. The van der Waals surface area contributed by atoms with Gasteiger partial charge in [-0.15, -0.1) is 0 Å². The summed E-state index contributed by atoms with van der Waals surface area (Å²) in [5.74, 6) is 0.607. The van der Waals surface area contributed by atoms with Crippen molar-refractivity contribution in [1.29, 1.82) is 0 Å². The van der Waals surface area contributed by atoms with Crippen LogP contribution >= 0.6 is 0 Å². The van der Waals surface area contributed by atoms with Crippen LogP contribution in [-0.2, 0) is 0 Å². The molecule has 2 heterocycles. The first kappa shape index (κ1) is 15.5. The monoisotopic (exact) mass is 341 g/mol. The van der Waals surface area contributed by atoms with Gasteiger partial charge in [0, 0.05) is 6.04 Å². The Morgan fingerprint density at radius 2 is 1.76 bits per heavy atom. The molecule has 3 aliphatic carbocycles. The molecule has 0 aromatic carbocycles. The average Bonchev–Trinajstić information content (AvgIpc) is 2.99. The molecule has 5 atom stereocenters. The van der Waals surface area contributed by atoms with E-state index in [4.69, 9.17) is 0 Å². The van der Waals surface area contributed by atoms with Crippen molar-refractivity contribution in [3.8, 4) is 0 Å². The molecule has 1 aromatic rings. The van der Waals surface area contributed by atoms with Crippen LogP contribution in [0.25, 0.3) is 0 Å². The van der Waals surface area contributed by atoms with Gasteiger partial charge in [-0.2, -0.15) is 0 Å². The highest BCUT2D eigenvalue weighted by molar-refractivity contribution is 5.16. The largest absolute Gasteiger partial charge is 0.348 e. The number of rotatable bonds is 1. The summed E-state index contributed by atoms with van der Waals surface area (Å²) in [6.07, 6.45) is 13.5. The molecule has 4 bridgehead atoms. The van der Waals surface area contributed by atoms with Gasteiger partial charge in [0.05, 0.1) is 12.1 Å². The van der Waals surface area contributed by atoms with E-state index in [9.17, 15) is 9.59 Å². The molecule has 4 aliphatic rings. The predicted molar refractivity (Wildman–Crippen MR) is 96.8 cm³/mol. The van der Waals surface area contributed by atoms with Crippen molar-refractivity contribution in [3.05, 3.63) is 45.3 Å². The van der Waals surface area contributed by atoms with Crippen LogP contribution in [0.5, 0.6) is 0 Å². The zero-order chi connectivity index (χ0) is 17.6. The molecule has 2 saturated carbocycles. The fraction of sp³-hybridized carbons (Fsp3) is 0.700. The summed E-state index contributed by atoms with van der Waals surface area (Å²) in [5, 5.41) is 0. The van der Waals surface area contributed by atoms with E-state index in [0.717, 1.165) is 25.7 Å². The maximum atomic E-state index is 13.4. The molecular weight excluding hydrogens is 314 g/mol. The summed E-state index contributed by atoms with van der Waals surface area (Å²) in [7, 11) is 0. The second-order valence-electron chi connectivity index (χ2n) is 9.20. The van der Waals surface area contributed by atoms with Gasteiger partial charge in [0.15, 0.2) is 0 Å². The highest BCUT2D eigenvalue weighted by Crippen LogP contribution is 2.69. The van der Waals surface area contributed by atoms with Crippen LogP contribution in [0.15, 0.2) is 33.9 Å². The van der Waals surface area contributed by atoms with Gasteiger partial charge in [-0.05, 0) is 48.9 Å². The summed E-state index contributed by atoms with van der Waals surface area (Å²) >= 11 is 0. The van der Waals surface area contributed by atoms with Gasteiger partial charge in [-0.25, -0.2) is 23.5 Å². The van der Waals surface area contributed by atoms with Crippen LogP contribution in [0.4, 0.5) is 0 Å². The van der Waals surface area contributed by atoms with Crippen molar-refractivity contribution in [3.63, 3.8) is 0 Å². The Labute approximate surface area is 147 Å². The molecule has 0 N–H and O–H groups in total. The van der Waals surface area contributed by atoms with Gasteiger partial charge >= 0.3 is 11.4 Å². The number of aromatic nitrogens is 3. The second-order valence-corrected chi connectivity index (χ2v) is 9.20. The van der Waals surface area contributed by atoms with Crippen LogP contribution in [0.1, 0.15) is 71.0 Å². The molecule has 5 rings (SSSR count). The molecule has 5 nitrogen and oxygen atoms in total. The Morgan fingerprint density at radius 1 is 1.00 bits per heavy atom. The fourth-order valence-corrected chi connectivity index (χ4v) is 6.15. The summed E-state index contributed by atoms with van der Waals surface area (Å²) in [5.41, 5.74) is -0.0194. The molecule has 0 unspecified atom stereocenters. The maximum Gasteiger partial charge on any atom is 0.348 e. The Morgan fingerprint density at radius 3 is 2.44 bits per heavy atom. The lowest BCUT2D eigenvalue weighted by atomic mass is 9.69. The van der Waals surface area contributed by atoms with E-state index in [-0.39, 0.29) is 40.3 Å². The highest BCUT2D eigenvalue weighted by atomic mass is 16.2. The highest BCUT2D eigenvalue weighted by Gasteiger charge is 2.62. The van der Waals surface area contributed by atoms with Crippen molar-refractivity contribution in [2.24, 2.45) is 16.7 Å². The summed E-state index contributed by atoms with van der Waals surface area (Å²) < 4.78 is 5.05. The van der Waals surface area contributed by atoms with E-state index < -0.39 is 0 Å². The summed E-state index contributed by atoms with van der Waals surface area (Å²) in [4.78, 5) is 26.7. The third kappa shape index (κ3) is 1.69. The number of allylic oxidation sites excluding steroid dienone is 4. The van der Waals surface area contributed by atoms with Gasteiger partial charge in [-0.3, -0.25) is 0 Å². The van der Waals surface area contributed by atoms with Gasteiger partial charge in [0.25, 0.3) is 0 Å². The predicted octanol–water partition coefficient (Wildman–Crippen LogP) is 3.20. The number of fused-ring (bicyclic) bond motifs is 7. The standard InChI is InChI=1S/C20H27N3O2/c1-19(2)13-10-11-20(19,3)16(12-13)21-17(24)22-14-6-4-5-7-15(9-8-14)23(22)18(21)25/h4,6,8-9,13-16H,5,7,10-12H2,1-3H3/t13-,14+,15+,16+,20+/m0/s1. The zero-order valence-corrected chi connectivity index (χ0v) is 15.3. The lowest BCUT2D eigenvalue weighted by Crippen LogP contribution is -2.42. The maximum absolute atomic E-state index is 13.4. The van der Waals surface area contributed by atoms with E-state index in [2.05, 4.69) is 45.1 Å². The van der Waals surface area contributed by atoms with Gasteiger partial charge in [-0.1, -0.05) is 45.1 Å². The van der Waals surface area contributed by atoms with Crippen molar-refractivity contribution in [2.45, 2.75) is 71.0 Å². The van der Waals surface area contributed by atoms with Crippen molar-refractivity contribution < 1.29 is 0 Å². The summed E-state index contributed by atoms with van der Waals surface area (Å²) in [6.45, 7) is 6.95. The minimum absolute atomic E-state index is 0.00190. The van der Waals surface area contributed by atoms with Gasteiger partial charge in [0.2, 0.25) is 0 Å². The van der Waals surface area contributed by atoms with Gasteiger partial charge < -0.3 is 0 Å². The fourth-order valence-electron chi connectivity index (χ4n) is 6.15. The van der Waals surface area contributed by atoms with Gasteiger partial charge in [0.1, 0.15) is 0 Å². The molecule has 2 fully saturated rings. The molecule has 1 aromatic heterocycles. The number of nitrogens with zero attached hydrogens (tertiary/aromatic N) is 3. The Balaban J connectivity index is 1.72. The van der Waals surface area contributed by atoms with Crippen LogP contribution in [0.3, 0.4) is 0 Å². The molecule has 134 valence electrons. The second kappa shape index (κ2) is 4.68. The third-order valence-corrected chi connectivity index (χ3v) is 8.19. The first-order valence-corrected chi connectivity index (χ1v) is 9.67. The summed E-state index contributed by atoms with van der Waals surface area (Å²) in [6, 6.07) is -0.0997. The SMILES string of the molecule is CC1(C)[C@H]2CC[C@]1(C)[C@H](n1c(=O)n3n(c1=O)[C@H]1C=C[C@H]3C=CCC1)C2. The molecule has 25 heavy (non-hydrogen) atoms. The van der Waals surface area contributed by atoms with Crippen LogP contribution in [-0.4, -0.2) is 13.9 Å². The first-order chi connectivity index (χ1) is 11.9. The van der Waals surface area contributed by atoms with E-state index in [1.54, 1.807) is 13.9 Å². The average molecular weight is 341 g/mol. The molecule has 1 aliphatic heterocycles. The minimum atomic E-state index is -0.127. The lowest BCUT2D eigenvalue weighted by Gasteiger charge is -2.38. The smallest absolute Gasteiger partial charge is 0.246 e. The van der Waals surface area contributed by atoms with Crippen LogP contribution in [0.2, 0.25) is 0 Å². The molecule has 0 spiro atoms. The van der Waals surface area contributed by atoms with Crippen molar-refractivity contribution in [2.75, 3.05) is 0 Å². The quantitative estimate of drug-likeness (QED) is 0.737. The Kier molecular flexibility index (Phi) is 2.90. The first-order valence-electron chi connectivity index (χ1n) is 9.67. The van der Waals surface area contributed by atoms with E-state index >= 15 is 0 Å². The zero-order valence-electron chi connectivity index (χ0n) is 15.3. The molecule has 0 amide bonds. The van der Waals surface area contributed by atoms with Crippen LogP contribution in [0, 0.1) is 16.7 Å².